The van der Waals surface area contributed by atoms with E-state index in [1.165, 1.54) is 19.3 Å². The molecule has 0 unspecified atom stereocenters. The molecule has 1 saturated carbocycles. The monoisotopic (exact) mass is 343 g/mol. The molecular formula is C20H29N3O2. The molecule has 1 saturated heterocycles. The quantitative estimate of drug-likeness (QED) is 0.864. The van der Waals surface area contributed by atoms with Crippen LogP contribution in [0.4, 0.5) is 5.69 Å². The van der Waals surface area contributed by atoms with E-state index < -0.39 is 0 Å². The van der Waals surface area contributed by atoms with Crippen LogP contribution >= 0.6 is 0 Å². The Morgan fingerprint density at radius 2 is 1.88 bits per heavy atom. The standard InChI is InChI=1S/C20H29N3O2/c1-15-7-6-12-23(13-15)14-19(24)22-18-11-5-4-10-17(18)20(25)21-16-8-2-3-9-16/h4-5,10-11,15-16H,2-3,6-9,12-14H2,1H3,(H,21,25)(H,22,24)/t15-/m1/s1. The number of para-hydroxylation sites is 1. The highest BCUT2D eigenvalue weighted by atomic mass is 16.2. The topological polar surface area (TPSA) is 61.4 Å². The molecule has 25 heavy (non-hydrogen) atoms. The SMILES string of the molecule is C[C@@H]1CCCN(CC(=O)Nc2ccccc2C(=O)NC2CCCC2)C1. The minimum atomic E-state index is -0.0885. The van der Waals surface area contributed by atoms with Crippen LogP contribution in [0.1, 0.15) is 55.8 Å². The Labute approximate surface area is 150 Å². The van der Waals surface area contributed by atoms with Crippen molar-refractivity contribution in [1.82, 2.24) is 10.2 Å². The highest BCUT2D eigenvalue weighted by Gasteiger charge is 2.21. The van der Waals surface area contributed by atoms with Crippen molar-refractivity contribution in [3.05, 3.63) is 29.8 Å². The van der Waals surface area contributed by atoms with E-state index in [2.05, 4.69) is 22.5 Å². The average Bonchev–Trinajstić information content (AvgIpc) is 3.08. The first kappa shape index (κ1) is 17.9. The van der Waals surface area contributed by atoms with Crippen LogP contribution in [0.3, 0.4) is 0 Å². The van der Waals surface area contributed by atoms with Gasteiger partial charge in [-0.3, -0.25) is 14.5 Å². The summed E-state index contributed by atoms with van der Waals surface area (Å²) in [5.41, 5.74) is 1.16. The lowest BCUT2D eigenvalue weighted by atomic mass is 10.0. The summed E-state index contributed by atoms with van der Waals surface area (Å²) in [6.07, 6.45) is 6.84. The van der Waals surface area contributed by atoms with Crippen molar-refractivity contribution in [2.45, 2.75) is 51.5 Å². The van der Waals surface area contributed by atoms with Gasteiger partial charge in [0.05, 0.1) is 17.8 Å². The predicted molar refractivity (Wildman–Crippen MR) is 99.6 cm³/mol. The third-order valence-electron chi connectivity index (χ3n) is 5.24. The predicted octanol–water partition coefficient (Wildman–Crippen LogP) is 3.03. The number of rotatable bonds is 5. The van der Waals surface area contributed by atoms with E-state index >= 15 is 0 Å². The molecule has 2 aliphatic rings. The van der Waals surface area contributed by atoms with E-state index in [0.29, 0.717) is 23.7 Å². The van der Waals surface area contributed by atoms with Crippen LogP contribution in [0.5, 0.6) is 0 Å². The summed E-state index contributed by atoms with van der Waals surface area (Å²) in [4.78, 5) is 27.2. The maximum atomic E-state index is 12.6. The fourth-order valence-corrected chi connectivity index (χ4v) is 3.95. The number of amides is 2. The van der Waals surface area contributed by atoms with Crippen molar-refractivity contribution in [3.63, 3.8) is 0 Å². The van der Waals surface area contributed by atoms with Crippen molar-refractivity contribution < 1.29 is 9.59 Å². The molecule has 136 valence electrons. The molecular weight excluding hydrogens is 314 g/mol. The first-order valence-corrected chi connectivity index (χ1v) is 9.54. The molecule has 1 aliphatic carbocycles. The third-order valence-corrected chi connectivity index (χ3v) is 5.24. The fraction of sp³-hybridized carbons (Fsp3) is 0.600. The largest absolute Gasteiger partial charge is 0.349 e. The lowest BCUT2D eigenvalue weighted by Crippen LogP contribution is -2.40. The molecule has 1 aromatic rings. The lowest BCUT2D eigenvalue weighted by molar-refractivity contribution is -0.117. The van der Waals surface area contributed by atoms with Gasteiger partial charge in [0.1, 0.15) is 0 Å². The van der Waals surface area contributed by atoms with Gasteiger partial charge < -0.3 is 10.6 Å². The summed E-state index contributed by atoms with van der Waals surface area (Å²) in [7, 11) is 0. The summed E-state index contributed by atoms with van der Waals surface area (Å²) in [6, 6.07) is 7.55. The Morgan fingerprint density at radius 1 is 1.12 bits per heavy atom. The van der Waals surface area contributed by atoms with E-state index in [-0.39, 0.29) is 17.9 Å². The van der Waals surface area contributed by atoms with Crippen LogP contribution in [0, 0.1) is 5.92 Å². The highest BCUT2D eigenvalue weighted by molar-refractivity contribution is 6.04. The van der Waals surface area contributed by atoms with Gasteiger partial charge in [-0.1, -0.05) is 31.9 Å². The van der Waals surface area contributed by atoms with E-state index in [1.807, 2.05) is 12.1 Å². The zero-order chi connectivity index (χ0) is 17.6. The van der Waals surface area contributed by atoms with Crippen LogP contribution in [-0.2, 0) is 4.79 Å². The molecule has 1 atom stereocenters. The van der Waals surface area contributed by atoms with Crippen LogP contribution in [0.25, 0.3) is 0 Å². The first-order chi connectivity index (χ1) is 12.1. The highest BCUT2D eigenvalue weighted by Crippen LogP contribution is 2.21. The number of nitrogens with one attached hydrogen (secondary N) is 2. The molecule has 2 fully saturated rings. The zero-order valence-corrected chi connectivity index (χ0v) is 15.1. The zero-order valence-electron chi connectivity index (χ0n) is 15.1. The molecule has 5 heteroatoms. The second-order valence-electron chi connectivity index (χ2n) is 7.53. The van der Waals surface area contributed by atoms with Crippen molar-refractivity contribution >= 4 is 17.5 Å². The smallest absolute Gasteiger partial charge is 0.253 e. The minimum Gasteiger partial charge on any atom is -0.349 e. The van der Waals surface area contributed by atoms with Gasteiger partial charge >= 0.3 is 0 Å². The number of piperidine rings is 1. The number of nitrogens with zero attached hydrogens (tertiary/aromatic N) is 1. The molecule has 1 aromatic carbocycles. The number of likely N-dealkylation sites (tertiary alicyclic amines) is 1. The molecule has 5 nitrogen and oxygen atoms in total. The van der Waals surface area contributed by atoms with Crippen LogP contribution in [0.15, 0.2) is 24.3 Å². The summed E-state index contributed by atoms with van der Waals surface area (Å²) in [6.45, 7) is 4.56. The second-order valence-corrected chi connectivity index (χ2v) is 7.53. The second kappa shape index (κ2) is 8.48. The van der Waals surface area contributed by atoms with Crippen molar-refractivity contribution in [3.8, 4) is 0 Å². The number of carbonyl (C=O) groups excluding carboxylic acids is 2. The molecule has 2 amide bonds. The van der Waals surface area contributed by atoms with Crippen molar-refractivity contribution in [2.75, 3.05) is 25.0 Å². The lowest BCUT2D eigenvalue weighted by Gasteiger charge is -2.30. The van der Waals surface area contributed by atoms with Gasteiger partial charge in [-0.05, 0) is 50.3 Å². The summed E-state index contributed by atoms with van der Waals surface area (Å²) in [5, 5.41) is 6.03. The van der Waals surface area contributed by atoms with Crippen LogP contribution < -0.4 is 10.6 Å². The normalized spacial score (nSPS) is 21.9. The maximum absolute atomic E-state index is 12.6. The maximum Gasteiger partial charge on any atom is 0.253 e. The van der Waals surface area contributed by atoms with Crippen molar-refractivity contribution in [2.24, 2.45) is 5.92 Å². The Bertz CT molecular complexity index is 611. The van der Waals surface area contributed by atoms with E-state index in [1.54, 1.807) is 12.1 Å². The minimum absolute atomic E-state index is 0.0461. The third kappa shape index (κ3) is 5.05. The number of benzene rings is 1. The van der Waals surface area contributed by atoms with Crippen LogP contribution in [0.2, 0.25) is 0 Å². The molecule has 1 aliphatic heterocycles. The van der Waals surface area contributed by atoms with Gasteiger partial charge in [0, 0.05) is 12.6 Å². The summed E-state index contributed by atoms with van der Waals surface area (Å²) >= 11 is 0. The van der Waals surface area contributed by atoms with Crippen LogP contribution in [-0.4, -0.2) is 42.4 Å². The summed E-state index contributed by atoms with van der Waals surface area (Å²) in [5.74, 6) is 0.510. The van der Waals surface area contributed by atoms with Gasteiger partial charge in [0.2, 0.25) is 5.91 Å². The van der Waals surface area contributed by atoms with E-state index in [4.69, 9.17) is 0 Å². The molecule has 2 N–H and O–H groups in total. The molecule has 0 bridgehead atoms. The number of hydrogen-bond donors (Lipinski definition) is 2. The molecule has 1 heterocycles. The Kier molecular flexibility index (Phi) is 6.08. The Balaban J connectivity index is 1.59. The molecule has 0 radical (unpaired) electrons. The van der Waals surface area contributed by atoms with Gasteiger partial charge in [0.25, 0.3) is 5.91 Å². The molecule has 0 spiro atoms. The number of anilines is 1. The van der Waals surface area contributed by atoms with Crippen molar-refractivity contribution in [1.29, 1.82) is 0 Å². The van der Waals surface area contributed by atoms with Gasteiger partial charge in [-0.15, -0.1) is 0 Å². The number of hydrogen-bond acceptors (Lipinski definition) is 3. The summed E-state index contributed by atoms with van der Waals surface area (Å²) < 4.78 is 0. The van der Waals surface area contributed by atoms with E-state index in [0.717, 1.165) is 32.4 Å². The van der Waals surface area contributed by atoms with Gasteiger partial charge in [-0.2, -0.15) is 0 Å². The Morgan fingerprint density at radius 3 is 2.64 bits per heavy atom. The van der Waals surface area contributed by atoms with Gasteiger partial charge in [0.15, 0.2) is 0 Å². The average molecular weight is 343 g/mol. The molecule has 0 aromatic heterocycles. The first-order valence-electron chi connectivity index (χ1n) is 9.54. The van der Waals surface area contributed by atoms with E-state index in [9.17, 15) is 9.59 Å². The van der Waals surface area contributed by atoms with Gasteiger partial charge in [-0.25, -0.2) is 0 Å². The molecule has 3 rings (SSSR count). The number of carbonyl (C=O) groups is 2. The Hall–Kier alpha value is -1.88. The fourth-order valence-electron chi connectivity index (χ4n) is 3.95.